The number of carbonyl (C=O) groups is 1. The van der Waals surface area contributed by atoms with E-state index in [0.717, 1.165) is 29.0 Å². The molecule has 0 aliphatic carbocycles. The summed E-state index contributed by atoms with van der Waals surface area (Å²) in [6.07, 6.45) is 4.45. The Morgan fingerprint density at radius 3 is 2.75 bits per heavy atom. The summed E-state index contributed by atoms with van der Waals surface area (Å²) in [7, 11) is 3.44. The zero-order valence-electron chi connectivity index (χ0n) is 16.6. The van der Waals surface area contributed by atoms with Crippen LogP contribution in [0.15, 0.2) is 60.9 Å². The van der Waals surface area contributed by atoms with Crippen LogP contribution in [-0.2, 0) is 13.0 Å². The van der Waals surface area contributed by atoms with Crippen molar-refractivity contribution in [2.24, 2.45) is 0 Å². The van der Waals surface area contributed by atoms with Crippen molar-refractivity contribution in [3.63, 3.8) is 0 Å². The Balaban J connectivity index is 1.51. The van der Waals surface area contributed by atoms with Gasteiger partial charge in [-0.3, -0.25) is 0 Å². The number of ether oxygens (including phenoxy) is 1. The number of urea groups is 1. The van der Waals surface area contributed by atoms with E-state index in [9.17, 15) is 4.79 Å². The van der Waals surface area contributed by atoms with Crippen molar-refractivity contribution >= 4 is 6.03 Å². The molecule has 0 aliphatic rings. The second-order valence-electron chi connectivity index (χ2n) is 6.78. The number of nitrogens with one attached hydrogen (secondary N) is 1. The number of aryl methyl sites for hydroxylation is 1. The zero-order valence-corrected chi connectivity index (χ0v) is 16.6. The van der Waals surface area contributed by atoms with Gasteiger partial charge in [0.2, 0.25) is 0 Å². The van der Waals surface area contributed by atoms with E-state index in [-0.39, 0.29) is 6.03 Å². The van der Waals surface area contributed by atoms with Crippen LogP contribution < -0.4 is 10.1 Å². The molecule has 0 saturated heterocycles. The van der Waals surface area contributed by atoms with Crippen LogP contribution in [0.25, 0.3) is 5.69 Å². The number of hydrogen-bond acceptors (Lipinski definition) is 3. The van der Waals surface area contributed by atoms with Crippen LogP contribution in [0.5, 0.6) is 5.75 Å². The average molecular weight is 378 g/mol. The first kappa shape index (κ1) is 19.5. The first-order valence-electron chi connectivity index (χ1n) is 9.28. The SMILES string of the molecule is COc1ccc(C)cc1CCNC(=O)N(C)Cc1cnn(-c2ccccc2)c1. The molecular formula is C22H26N4O2. The summed E-state index contributed by atoms with van der Waals surface area (Å²) in [6.45, 7) is 3.09. The zero-order chi connectivity index (χ0) is 19.9. The fourth-order valence-electron chi connectivity index (χ4n) is 3.05. The van der Waals surface area contributed by atoms with Crippen LogP contribution in [0.3, 0.4) is 0 Å². The minimum absolute atomic E-state index is 0.112. The minimum atomic E-state index is -0.112. The van der Waals surface area contributed by atoms with Crippen LogP contribution >= 0.6 is 0 Å². The second kappa shape index (κ2) is 9.08. The van der Waals surface area contributed by atoms with Gasteiger partial charge in [-0.2, -0.15) is 5.10 Å². The van der Waals surface area contributed by atoms with Gasteiger partial charge in [0.05, 0.1) is 25.5 Å². The Bertz CT molecular complexity index is 921. The van der Waals surface area contributed by atoms with Gasteiger partial charge in [-0.15, -0.1) is 0 Å². The summed E-state index contributed by atoms with van der Waals surface area (Å²) in [4.78, 5) is 14.0. The number of methoxy groups -OCH3 is 1. The highest BCUT2D eigenvalue weighted by atomic mass is 16.5. The normalized spacial score (nSPS) is 10.5. The molecule has 0 spiro atoms. The molecule has 0 fully saturated rings. The van der Waals surface area contributed by atoms with E-state index < -0.39 is 0 Å². The summed E-state index contributed by atoms with van der Waals surface area (Å²) < 4.78 is 7.20. The van der Waals surface area contributed by atoms with E-state index in [1.807, 2.05) is 60.3 Å². The lowest BCUT2D eigenvalue weighted by Gasteiger charge is -2.17. The third-order valence-electron chi connectivity index (χ3n) is 4.53. The number of carbonyl (C=O) groups excluding carboxylic acids is 1. The first-order valence-corrected chi connectivity index (χ1v) is 9.28. The number of amides is 2. The van der Waals surface area contributed by atoms with Crippen molar-refractivity contribution in [3.05, 3.63) is 77.6 Å². The van der Waals surface area contributed by atoms with Crippen molar-refractivity contribution in [1.82, 2.24) is 20.0 Å². The van der Waals surface area contributed by atoms with Crippen molar-refractivity contribution in [1.29, 1.82) is 0 Å². The number of nitrogens with zero attached hydrogens (tertiary/aromatic N) is 3. The van der Waals surface area contributed by atoms with Gasteiger partial charge in [-0.1, -0.05) is 35.9 Å². The quantitative estimate of drug-likeness (QED) is 0.684. The number of hydrogen-bond donors (Lipinski definition) is 1. The van der Waals surface area contributed by atoms with Gasteiger partial charge in [0.25, 0.3) is 0 Å². The molecule has 1 heterocycles. The second-order valence-corrected chi connectivity index (χ2v) is 6.78. The van der Waals surface area contributed by atoms with Crippen molar-refractivity contribution in [2.75, 3.05) is 20.7 Å². The van der Waals surface area contributed by atoms with E-state index in [1.54, 1.807) is 25.3 Å². The molecule has 146 valence electrons. The van der Waals surface area contributed by atoms with Crippen LogP contribution in [0.4, 0.5) is 4.79 Å². The highest BCUT2D eigenvalue weighted by Gasteiger charge is 2.11. The number of aromatic nitrogens is 2. The summed E-state index contributed by atoms with van der Waals surface area (Å²) in [5.74, 6) is 0.849. The Hall–Kier alpha value is -3.28. The molecule has 6 nitrogen and oxygen atoms in total. The number of benzene rings is 2. The fraction of sp³-hybridized carbons (Fsp3) is 0.273. The molecule has 0 bridgehead atoms. The van der Waals surface area contributed by atoms with E-state index in [4.69, 9.17) is 4.74 Å². The molecular weight excluding hydrogens is 352 g/mol. The topological polar surface area (TPSA) is 59.4 Å². The van der Waals surface area contributed by atoms with Gasteiger partial charge >= 0.3 is 6.03 Å². The number of rotatable bonds is 7. The fourth-order valence-corrected chi connectivity index (χ4v) is 3.05. The molecule has 3 aromatic rings. The maximum Gasteiger partial charge on any atom is 0.317 e. The maximum atomic E-state index is 12.4. The first-order chi connectivity index (χ1) is 13.6. The molecule has 0 unspecified atom stereocenters. The van der Waals surface area contributed by atoms with Crippen molar-refractivity contribution in [3.8, 4) is 11.4 Å². The highest BCUT2D eigenvalue weighted by Crippen LogP contribution is 2.19. The molecule has 0 aliphatic heterocycles. The van der Waals surface area contributed by atoms with E-state index in [1.165, 1.54) is 5.56 Å². The van der Waals surface area contributed by atoms with Crippen LogP contribution in [0.2, 0.25) is 0 Å². The van der Waals surface area contributed by atoms with Gasteiger partial charge in [-0.05, 0) is 37.1 Å². The molecule has 28 heavy (non-hydrogen) atoms. The largest absolute Gasteiger partial charge is 0.496 e. The number of para-hydroxylation sites is 1. The summed E-state index contributed by atoms with van der Waals surface area (Å²) in [5, 5.41) is 7.34. The molecule has 1 aromatic heterocycles. The molecule has 1 N–H and O–H groups in total. The van der Waals surface area contributed by atoms with Gasteiger partial charge < -0.3 is 15.0 Å². The van der Waals surface area contributed by atoms with Gasteiger partial charge in [0.1, 0.15) is 5.75 Å². The smallest absolute Gasteiger partial charge is 0.317 e. The predicted molar refractivity (Wildman–Crippen MR) is 110 cm³/mol. The standard InChI is InChI=1S/C22H26N4O2/c1-17-9-10-21(28-3)19(13-17)11-12-23-22(27)25(2)15-18-14-24-26(16-18)20-7-5-4-6-8-20/h4-10,13-14,16H,11-12,15H2,1-3H3,(H,23,27). The molecule has 3 rings (SSSR count). The third-order valence-corrected chi connectivity index (χ3v) is 4.53. The molecule has 6 heteroatoms. The molecule has 0 atom stereocenters. The summed E-state index contributed by atoms with van der Waals surface area (Å²) in [5.41, 5.74) is 4.24. The van der Waals surface area contributed by atoms with Crippen molar-refractivity contribution in [2.45, 2.75) is 19.9 Å². The Kier molecular flexibility index (Phi) is 6.32. The van der Waals surface area contributed by atoms with Gasteiger partial charge in [-0.25, -0.2) is 9.48 Å². The van der Waals surface area contributed by atoms with Crippen LogP contribution in [-0.4, -0.2) is 41.4 Å². The van der Waals surface area contributed by atoms with Gasteiger partial charge in [0, 0.05) is 25.4 Å². The highest BCUT2D eigenvalue weighted by molar-refractivity contribution is 5.73. The molecule has 0 radical (unpaired) electrons. The third kappa shape index (κ3) is 4.91. The lowest BCUT2D eigenvalue weighted by molar-refractivity contribution is 0.207. The minimum Gasteiger partial charge on any atom is -0.496 e. The summed E-state index contributed by atoms with van der Waals surface area (Å²) >= 11 is 0. The average Bonchev–Trinajstić information content (AvgIpc) is 3.17. The van der Waals surface area contributed by atoms with Crippen LogP contribution in [0.1, 0.15) is 16.7 Å². The van der Waals surface area contributed by atoms with E-state index in [2.05, 4.69) is 16.5 Å². The molecule has 2 aromatic carbocycles. The maximum absolute atomic E-state index is 12.4. The van der Waals surface area contributed by atoms with Crippen molar-refractivity contribution < 1.29 is 9.53 Å². The molecule has 0 saturated carbocycles. The Morgan fingerprint density at radius 2 is 2.00 bits per heavy atom. The van der Waals surface area contributed by atoms with Crippen LogP contribution in [0, 0.1) is 6.92 Å². The van der Waals surface area contributed by atoms with E-state index >= 15 is 0 Å². The lowest BCUT2D eigenvalue weighted by atomic mass is 10.1. The Labute approximate surface area is 165 Å². The predicted octanol–water partition coefficient (Wildman–Crippen LogP) is 3.57. The monoisotopic (exact) mass is 378 g/mol. The lowest BCUT2D eigenvalue weighted by Crippen LogP contribution is -2.37. The summed E-state index contributed by atoms with van der Waals surface area (Å²) in [6, 6.07) is 15.9. The Morgan fingerprint density at radius 1 is 1.21 bits per heavy atom. The van der Waals surface area contributed by atoms with Gasteiger partial charge in [0.15, 0.2) is 0 Å². The molecule has 2 amide bonds. The van der Waals surface area contributed by atoms with E-state index in [0.29, 0.717) is 13.1 Å².